The maximum atomic E-state index is 12.7. The van der Waals surface area contributed by atoms with Gasteiger partial charge in [-0.2, -0.15) is 0 Å². The molecule has 0 bridgehead atoms. The van der Waals surface area contributed by atoms with Gasteiger partial charge in [0.1, 0.15) is 18.2 Å². The van der Waals surface area contributed by atoms with Crippen molar-refractivity contribution in [3.63, 3.8) is 0 Å². The number of pyridine rings is 1. The first-order chi connectivity index (χ1) is 13.8. The minimum atomic E-state index is -0.0713. The van der Waals surface area contributed by atoms with Crippen LogP contribution in [-0.2, 0) is 6.61 Å². The van der Waals surface area contributed by atoms with Crippen molar-refractivity contribution in [2.75, 3.05) is 18.0 Å². The zero-order chi connectivity index (χ0) is 19.2. The average Bonchev–Trinajstić information content (AvgIpc) is 3.22. The van der Waals surface area contributed by atoms with Gasteiger partial charge in [-0.25, -0.2) is 4.98 Å². The lowest BCUT2D eigenvalue weighted by atomic mass is 10.1. The second kappa shape index (κ2) is 8.57. The Hall–Kier alpha value is -3.34. The molecule has 0 aliphatic carbocycles. The maximum Gasteiger partial charge on any atom is 0.251 e. The molecule has 1 aromatic heterocycles. The van der Waals surface area contributed by atoms with Gasteiger partial charge in [0.05, 0.1) is 0 Å². The largest absolute Gasteiger partial charge is 0.489 e. The number of anilines is 1. The van der Waals surface area contributed by atoms with Gasteiger partial charge in [-0.3, -0.25) is 4.79 Å². The minimum Gasteiger partial charge on any atom is -0.489 e. The fourth-order valence-corrected chi connectivity index (χ4v) is 3.36. The van der Waals surface area contributed by atoms with Gasteiger partial charge < -0.3 is 15.0 Å². The predicted molar refractivity (Wildman–Crippen MR) is 110 cm³/mol. The molecular weight excluding hydrogens is 350 g/mol. The summed E-state index contributed by atoms with van der Waals surface area (Å²) in [6.07, 6.45) is 2.70. The molecule has 0 spiro atoms. The monoisotopic (exact) mass is 373 g/mol. The summed E-state index contributed by atoms with van der Waals surface area (Å²) in [6.45, 7) is 2.14. The molecule has 1 aliphatic heterocycles. The third-order valence-electron chi connectivity index (χ3n) is 4.84. The summed E-state index contributed by atoms with van der Waals surface area (Å²) in [4.78, 5) is 19.3. The van der Waals surface area contributed by atoms with Crippen LogP contribution < -0.4 is 15.0 Å². The second-order valence-electron chi connectivity index (χ2n) is 6.90. The molecule has 1 amide bonds. The molecule has 4 rings (SSSR count). The Bertz CT molecular complexity index is 915. The van der Waals surface area contributed by atoms with Gasteiger partial charge in [-0.1, -0.05) is 42.5 Å². The van der Waals surface area contributed by atoms with Gasteiger partial charge in [0.2, 0.25) is 0 Å². The predicted octanol–water partition coefficient (Wildman–Crippen LogP) is 3.67. The number of hydrogen-bond acceptors (Lipinski definition) is 4. The smallest absolute Gasteiger partial charge is 0.251 e. The van der Waals surface area contributed by atoms with Crippen molar-refractivity contribution >= 4 is 11.7 Å². The van der Waals surface area contributed by atoms with E-state index in [0.29, 0.717) is 17.9 Å². The van der Waals surface area contributed by atoms with E-state index in [4.69, 9.17) is 4.74 Å². The van der Waals surface area contributed by atoms with Crippen molar-refractivity contribution in [2.24, 2.45) is 0 Å². The molecule has 1 fully saturated rings. The Morgan fingerprint density at radius 3 is 2.75 bits per heavy atom. The minimum absolute atomic E-state index is 0.0713. The van der Waals surface area contributed by atoms with Crippen LogP contribution in [0.3, 0.4) is 0 Å². The van der Waals surface area contributed by atoms with Gasteiger partial charge >= 0.3 is 0 Å². The topological polar surface area (TPSA) is 54.5 Å². The number of amides is 1. The summed E-state index contributed by atoms with van der Waals surface area (Å²) in [7, 11) is 0. The summed E-state index contributed by atoms with van der Waals surface area (Å²) in [5.41, 5.74) is 1.71. The van der Waals surface area contributed by atoms with E-state index in [-0.39, 0.29) is 11.9 Å². The molecule has 2 aromatic carbocycles. The van der Waals surface area contributed by atoms with E-state index in [9.17, 15) is 4.79 Å². The zero-order valence-corrected chi connectivity index (χ0v) is 15.6. The Labute approximate surface area is 165 Å². The summed E-state index contributed by atoms with van der Waals surface area (Å²) >= 11 is 0. The number of aromatic nitrogens is 1. The number of ether oxygens (including phenoxy) is 1. The highest BCUT2D eigenvalue weighted by Crippen LogP contribution is 2.19. The van der Waals surface area contributed by atoms with E-state index >= 15 is 0 Å². The number of hydrogen-bond donors (Lipinski definition) is 1. The van der Waals surface area contributed by atoms with Crippen LogP contribution in [0, 0.1) is 0 Å². The lowest BCUT2D eigenvalue weighted by Gasteiger charge is -2.18. The lowest BCUT2D eigenvalue weighted by Crippen LogP contribution is -2.37. The van der Waals surface area contributed by atoms with Crippen LogP contribution in [0.25, 0.3) is 0 Å². The summed E-state index contributed by atoms with van der Waals surface area (Å²) in [5.74, 6) is 1.58. The molecule has 2 heterocycles. The SMILES string of the molecule is O=C(NC1CCN(c2ccccn2)C1)c1cccc(OCc2ccccc2)c1. The Morgan fingerprint density at radius 1 is 1.07 bits per heavy atom. The second-order valence-corrected chi connectivity index (χ2v) is 6.90. The highest BCUT2D eigenvalue weighted by Gasteiger charge is 2.25. The molecular formula is C23H23N3O2. The Kier molecular flexibility index (Phi) is 5.52. The third kappa shape index (κ3) is 4.49. The summed E-state index contributed by atoms with van der Waals surface area (Å²) < 4.78 is 5.83. The molecule has 1 saturated heterocycles. The molecule has 1 unspecified atom stereocenters. The number of carbonyl (C=O) groups excluding carboxylic acids is 1. The molecule has 1 N–H and O–H groups in total. The van der Waals surface area contributed by atoms with Gasteiger partial charge in [0, 0.05) is 30.9 Å². The molecule has 0 saturated carbocycles. The molecule has 5 nitrogen and oxygen atoms in total. The molecule has 1 aliphatic rings. The van der Waals surface area contributed by atoms with E-state index < -0.39 is 0 Å². The van der Waals surface area contributed by atoms with Crippen molar-refractivity contribution in [3.8, 4) is 5.75 Å². The number of carbonyl (C=O) groups is 1. The van der Waals surface area contributed by atoms with Crippen LogP contribution in [0.2, 0.25) is 0 Å². The van der Waals surface area contributed by atoms with Crippen molar-refractivity contribution in [1.82, 2.24) is 10.3 Å². The Morgan fingerprint density at radius 2 is 1.93 bits per heavy atom. The molecule has 142 valence electrons. The average molecular weight is 373 g/mol. The van der Waals surface area contributed by atoms with E-state index in [1.165, 1.54) is 0 Å². The quantitative estimate of drug-likeness (QED) is 0.716. The van der Waals surface area contributed by atoms with Crippen molar-refractivity contribution < 1.29 is 9.53 Å². The summed E-state index contributed by atoms with van der Waals surface area (Å²) in [6, 6.07) is 23.3. The first-order valence-corrected chi connectivity index (χ1v) is 9.51. The highest BCUT2D eigenvalue weighted by molar-refractivity contribution is 5.94. The normalized spacial score (nSPS) is 16.0. The van der Waals surface area contributed by atoms with Crippen LogP contribution in [0.4, 0.5) is 5.82 Å². The maximum absolute atomic E-state index is 12.7. The van der Waals surface area contributed by atoms with Crippen molar-refractivity contribution in [3.05, 3.63) is 90.1 Å². The van der Waals surface area contributed by atoms with Crippen LogP contribution in [0.5, 0.6) is 5.75 Å². The fourth-order valence-electron chi connectivity index (χ4n) is 3.36. The zero-order valence-electron chi connectivity index (χ0n) is 15.6. The standard InChI is InChI=1S/C23H23N3O2/c27-23(25-20-12-14-26(16-20)22-11-4-5-13-24-22)19-9-6-10-21(15-19)28-17-18-7-2-1-3-8-18/h1-11,13,15,20H,12,14,16-17H2,(H,25,27). The first kappa shape index (κ1) is 18.0. The molecule has 0 radical (unpaired) electrons. The highest BCUT2D eigenvalue weighted by atomic mass is 16.5. The van der Waals surface area contributed by atoms with Gasteiger partial charge in [-0.15, -0.1) is 0 Å². The van der Waals surface area contributed by atoms with Crippen molar-refractivity contribution in [2.45, 2.75) is 19.1 Å². The number of nitrogens with one attached hydrogen (secondary N) is 1. The van der Waals surface area contributed by atoms with E-state index in [0.717, 1.165) is 30.9 Å². The van der Waals surface area contributed by atoms with Crippen LogP contribution in [-0.4, -0.2) is 30.0 Å². The van der Waals surface area contributed by atoms with E-state index in [1.54, 1.807) is 12.3 Å². The van der Waals surface area contributed by atoms with Crippen molar-refractivity contribution in [1.29, 1.82) is 0 Å². The number of nitrogens with zero attached hydrogens (tertiary/aromatic N) is 2. The molecule has 3 aromatic rings. The number of benzene rings is 2. The van der Waals surface area contributed by atoms with Crippen LogP contribution in [0.15, 0.2) is 79.0 Å². The Balaban J connectivity index is 1.33. The number of rotatable bonds is 6. The molecule has 1 atom stereocenters. The molecule has 28 heavy (non-hydrogen) atoms. The third-order valence-corrected chi connectivity index (χ3v) is 4.84. The van der Waals surface area contributed by atoms with Crippen LogP contribution >= 0.6 is 0 Å². The van der Waals surface area contributed by atoms with E-state index in [2.05, 4.69) is 15.2 Å². The van der Waals surface area contributed by atoms with Gasteiger partial charge in [-0.05, 0) is 42.3 Å². The molecule has 5 heteroatoms. The van der Waals surface area contributed by atoms with E-state index in [1.807, 2.05) is 66.7 Å². The van der Waals surface area contributed by atoms with Crippen LogP contribution in [0.1, 0.15) is 22.3 Å². The lowest BCUT2D eigenvalue weighted by molar-refractivity contribution is 0.0940. The van der Waals surface area contributed by atoms with Gasteiger partial charge in [0.15, 0.2) is 0 Å². The summed E-state index contributed by atoms with van der Waals surface area (Å²) in [5, 5.41) is 3.13. The fraction of sp³-hybridized carbons (Fsp3) is 0.217. The first-order valence-electron chi connectivity index (χ1n) is 9.51. The van der Waals surface area contributed by atoms with Gasteiger partial charge in [0.25, 0.3) is 5.91 Å².